The Hall–Kier alpha value is -2.11. The normalized spacial score (nSPS) is 10.7. The molecule has 0 radical (unpaired) electrons. The number of hydrogen-bond donors (Lipinski definition) is 2. The summed E-state index contributed by atoms with van der Waals surface area (Å²) in [6.45, 7) is 1.86. The Balaban J connectivity index is 2.78. The zero-order valence-corrected chi connectivity index (χ0v) is 8.14. The summed E-state index contributed by atoms with van der Waals surface area (Å²) in [6, 6.07) is 0. The van der Waals surface area contributed by atoms with Crippen molar-refractivity contribution in [2.45, 2.75) is 13.3 Å². The molecule has 2 aromatic heterocycles. The molecule has 78 valence electrons. The van der Waals surface area contributed by atoms with Crippen molar-refractivity contribution in [3.63, 3.8) is 0 Å². The first-order chi connectivity index (χ1) is 7.13. The molecule has 6 heteroatoms. The third kappa shape index (κ3) is 1.39. The van der Waals surface area contributed by atoms with Crippen molar-refractivity contribution in [3.05, 3.63) is 23.7 Å². The molecule has 0 unspecified atom stereocenters. The predicted octanol–water partition coefficient (Wildman–Crippen LogP) is 0.572. The fraction of sp³-hybridized carbons (Fsp3) is 0.222. The van der Waals surface area contributed by atoms with Crippen molar-refractivity contribution in [3.8, 4) is 0 Å². The number of carboxylic acids is 1. The maximum Gasteiger partial charge on any atom is 0.356 e. The van der Waals surface area contributed by atoms with E-state index in [0.717, 1.165) is 0 Å². The number of carbonyl (C=O) groups is 1. The van der Waals surface area contributed by atoms with Gasteiger partial charge in [-0.15, -0.1) is 0 Å². The van der Waals surface area contributed by atoms with E-state index in [1.807, 2.05) is 6.92 Å². The molecule has 15 heavy (non-hydrogen) atoms. The van der Waals surface area contributed by atoms with E-state index < -0.39 is 5.97 Å². The number of aromatic nitrogens is 3. The SMILES string of the molecule is CCc1c(C(=O)O)nn2cc(N)cnc12. The number of aromatic carboxylic acids is 1. The smallest absolute Gasteiger partial charge is 0.356 e. The zero-order chi connectivity index (χ0) is 11.0. The molecule has 0 saturated heterocycles. The third-order valence-corrected chi connectivity index (χ3v) is 2.14. The van der Waals surface area contributed by atoms with Crippen LogP contribution in [0, 0.1) is 0 Å². The quantitative estimate of drug-likeness (QED) is 0.749. The first-order valence-corrected chi connectivity index (χ1v) is 4.49. The standard InChI is InChI=1S/C9H10N4O2/c1-2-6-7(9(14)15)12-13-4-5(10)3-11-8(6)13/h3-4H,2,10H2,1H3,(H,14,15). The minimum Gasteiger partial charge on any atom is -0.476 e. The van der Waals surface area contributed by atoms with E-state index in [-0.39, 0.29) is 5.69 Å². The van der Waals surface area contributed by atoms with Crippen LogP contribution >= 0.6 is 0 Å². The summed E-state index contributed by atoms with van der Waals surface area (Å²) in [4.78, 5) is 15.0. The lowest BCUT2D eigenvalue weighted by atomic mass is 10.2. The van der Waals surface area contributed by atoms with E-state index in [1.54, 1.807) is 6.20 Å². The highest BCUT2D eigenvalue weighted by molar-refractivity contribution is 5.89. The third-order valence-electron chi connectivity index (χ3n) is 2.14. The van der Waals surface area contributed by atoms with Gasteiger partial charge in [0.15, 0.2) is 11.3 Å². The highest BCUT2D eigenvalue weighted by Crippen LogP contribution is 2.15. The maximum atomic E-state index is 10.9. The number of nitrogen functional groups attached to an aromatic ring is 1. The van der Waals surface area contributed by atoms with Gasteiger partial charge in [-0.05, 0) is 6.42 Å². The average molecular weight is 206 g/mol. The van der Waals surface area contributed by atoms with Crippen LogP contribution in [0.15, 0.2) is 12.4 Å². The van der Waals surface area contributed by atoms with E-state index in [9.17, 15) is 4.79 Å². The Kier molecular flexibility index (Phi) is 2.03. The van der Waals surface area contributed by atoms with Gasteiger partial charge in [0.2, 0.25) is 0 Å². The fourth-order valence-corrected chi connectivity index (χ4v) is 1.49. The lowest BCUT2D eigenvalue weighted by molar-refractivity contribution is 0.0689. The monoisotopic (exact) mass is 206 g/mol. The summed E-state index contributed by atoms with van der Waals surface area (Å²) in [5, 5.41) is 12.9. The van der Waals surface area contributed by atoms with Gasteiger partial charge in [-0.3, -0.25) is 0 Å². The van der Waals surface area contributed by atoms with Crippen LogP contribution < -0.4 is 5.73 Å². The number of hydrogen-bond acceptors (Lipinski definition) is 4. The van der Waals surface area contributed by atoms with Crippen LogP contribution in [0.3, 0.4) is 0 Å². The fourth-order valence-electron chi connectivity index (χ4n) is 1.49. The molecule has 0 aromatic carbocycles. The zero-order valence-electron chi connectivity index (χ0n) is 8.14. The van der Waals surface area contributed by atoms with Gasteiger partial charge in [0, 0.05) is 5.56 Å². The molecule has 0 fully saturated rings. The van der Waals surface area contributed by atoms with Crippen LogP contribution in [0.2, 0.25) is 0 Å². The number of rotatable bonds is 2. The second-order valence-electron chi connectivity index (χ2n) is 3.14. The number of nitrogens with zero attached hydrogens (tertiary/aromatic N) is 3. The first kappa shape index (κ1) is 9.45. The van der Waals surface area contributed by atoms with E-state index >= 15 is 0 Å². The highest BCUT2D eigenvalue weighted by atomic mass is 16.4. The van der Waals surface area contributed by atoms with Crippen LogP contribution in [-0.2, 0) is 6.42 Å². The number of fused-ring (bicyclic) bond motifs is 1. The Morgan fingerprint density at radius 3 is 3.00 bits per heavy atom. The van der Waals surface area contributed by atoms with E-state index in [4.69, 9.17) is 10.8 Å². The molecular weight excluding hydrogens is 196 g/mol. The Morgan fingerprint density at radius 1 is 1.67 bits per heavy atom. The number of carboxylic acid groups (broad SMARTS) is 1. The highest BCUT2D eigenvalue weighted by Gasteiger charge is 2.17. The van der Waals surface area contributed by atoms with Crippen molar-refractivity contribution in [2.75, 3.05) is 5.73 Å². The van der Waals surface area contributed by atoms with Gasteiger partial charge in [-0.2, -0.15) is 5.10 Å². The van der Waals surface area contributed by atoms with Gasteiger partial charge in [-0.1, -0.05) is 6.92 Å². The van der Waals surface area contributed by atoms with Crippen molar-refractivity contribution in [2.24, 2.45) is 0 Å². The first-order valence-electron chi connectivity index (χ1n) is 4.49. The molecule has 2 aromatic rings. The van der Waals surface area contributed by atoms with Crippen LogP contribution in [0.25, 0.3) is 5.65 Å². The van der Waals surface area contributed by atoms with Gasteiger partial charge >= 0.3 is 5.97 Å². The van der Waals surface area contributed by atoms with Gasteiger partial charge in [0.05, 0.1) is 18.1 Å². The van der Waals surface area contributed by atoms with Gasteiger partial charge < -0.3 is 10.8 Å². The lowest BCUT2D eigenvalue weighted by Gasteiger charge is -1.95. The molecule has 3 N–H and O–H groups in total. The number of anilines is 1. The Morgan fingerprint density at radius 2 is 2.40 bits per heavy atom. The molecular formula is C9H10N4O2. The van der Waals surface area contributed by atoms with Crippen molar-refractivity contribution in [1.82, 2.24) is 14.6 Å². The van der Waals surface area contributed by atoms with Crippen molar-refractivity contribution in [1.29, 1.82) is 0 Å². The molecule has 0 aliphatic carbocycles. The minimum atomic E-state index is -1.05. The molecule has 2 heterocycles. The second kappa shape index (κ2) is 3.23. The molecule has 0 amide bonds. The molecule has 2 rings (SSSR count). The van der Waals surface area contributed by atoms with Crippen molar-refractivity contribution < 1.29 is 9.90 Å². The summed E-state index contributed by atoms with van der Waals surface area (Å²) < 4.78 is 1.40. The van der Waals surface area contributed by atoms with E-state index in [1.165, 1.54) is 10.7 Å². The van der Waals surface area contributed by atoms with Crippen LogP contribution in [0.5, 0.6) is 0 Å². The lowest BCUT2D eigenvalue weighted by Crippen LogP contribution is -2.00. The summed E-state index contributed by atoms with van der Waals surface area (Å²) >= 11 is 0. The molecule has 0 spiro atoms. The number of nitrogens with two attached hydrogens (primary N) is 1. The molecule has 0 atom stereocenters. The summed E-state index contributed by atoms with van der Waals surface area (Å²) in [6.07, 6.45) is 3.61. The van der Waals surface area contributed by atoms with E-state index in [2.05, 4.69) is 10.1 Å². The predicted molar refractivity (Wildman–Crippen MR) is 53.7 cm³/mol. The second-order valence-corrected chi connectivity index (χ2v) is 3.14. The minimum absolute atomic E-state index is 0.0376. The van der Waals surface area contributed by atoms with E-state index in [0.29, 0.717) is 23.3 Å². The molecule has 0 aliphatic rings. The molecule has 0 saturated carbocycles. The van der Waals surface area contributed by atoms with Crippen LogP contribution in [0.4, 0.5) is 5.69 Å². The molecule has 0 bridgehead atoms. The summed E-state index contributed by atoms with van der Waals surface area (Å²) in [5.74, 6) is -1.05. The molecule has 6 nitrogen and oxygen atoms in total. The topological polar surface area (TPSA) is 93.5 Å². The van der Waals surface area contributed by atoms with Gasteiger partial charge in [0.1, 0.15) is 0 Å². The number of aryl methyl sites for hydroxylation is 1. The largest absolute Gasteiger partial charge is 0.476 e. The summed E-state index contributed by atoms with van der Waals surface area (Å²) in [5.41, 5.74) is 7.19. The Bertz CT molecular complexity index is 532. The average Bonchev–Trinajstić information content (AvgIpc) is 2.55. The summed E-state index contributed by atoms with van der Waals surface area (Å²) in [7, 11) is 0. The van der Waals surface area contributed by atoms with Crippen LogP contribution in [0.1, 0.15) is 23.0 Å². The van der Waals surface area contributed by atoms with Gasteiger partial charge in [0.25, 0.3) is 0 Å². The molecule has 0 aliphatic heterocycles. The Labute approximate surface area is 85.3 Å². The maximum absolute atomic E-state index is 10.9. The van der Waals surface area contributed by atoms with Crippen molar-refractivity contribution >= 4 is 17.3 Å². The van der Waals surface area contributed by atoms with Crippen LogP contribution in [-0.4, -0.2) is 25.7 Å². The van der Waals surface area contributed by atoms with Gasteiger partial charge in [-0.25, -0.2) is 14.3 Å².